The number of rotatable bonds is 6. The fourth-order valence-corrected chi connectivity index (χ4v) is 2.41. The van der Waals surface area contributed by atoms with Crippen LogP contribution in [0.15, 0.2) is 67.0 Å². The second-order valence-electron chi connectivity index (χ2n) is 5.75. The Morgan fingerprint density at radius 3 is 2.52 bits per heavy atom. The number of carbonyl (C=O) groups excluding carboxylic acids is 2. The predicted octanol–water partition coefficient (Wildman–Crippen LogP) is 3.06. The normalized spacial score (nSPS) is 11.5. The maximum atomic E-state index is 12.3. The molecule has 27 heavy (non-hydrogen) atoms. The maximum absolute atomic E-state index is 12.3. The van der Waals surface area contributed by atoms with Gasteiger partial charge in [-0.1, -0.05) is 30.3 Å². The number of aromatic nitrogens is 2. The molecule has 0 spiro atoms. The molecule has 1 atom stereocenters. The highest BCUT2D eigenvalue weighted by atomic mass is 16.5. The highest BCUT2D eigenvalue weighted by molar-refractivity contribution is 5.98. The minimum Gasteiger partial charge on any atom is -0.495 e. The van der Waals surface area contributed by atoms with Crippen LogP contribution in [0.4, 0.5) is 5.69 Å². The van der Waals surface area contributed by atoms with Crippen molar-refractivity contribution < 1.29 is 19.1 Å². The van der Waals surface area contributed by atoms with E-state index in [0.29, 0.717) is 11.4 Å². The van der Waals surface area contributed by atoms with Crippen LogP contribution in [0.3, 0.4) is 0 Å². The molecule has 7 nitrogen and oxygen atoms in total. The Labute approximate surface area is 156 Å². The van der Waals surface area contributed by atoms with Gasteiger partial charge >= 0.3 is 5.97 Å². The summed E-state index contributed by atoms with van der Waals surface area (Å²) in [5.74, 6) is -0.559. The molecule has 0 saturated heterocycles. The van der Waals surface area contributed by atoms with Gasteiger partial charge in [-0.05, 0) is 31.2 Å². The lowest BCUT2D eigenvalue weighted by molar-refractivity contribution is -0.123. The van der Waals surface area contributed by atoms with E-state index in [1.165, 1.54) is 20.2 Å². The average Bonchev–Trinajstić information content (AvgIpc) is 3.19. The number of benzene rings is 2. The molecule has 1 amide bonds. The van der Waals surface area contributed by atoms with Gasteiger partial charge in [0.25, 0.3) is 5.91 Å². The highest BCUT2D eigenvalue weighted by Crippen LogP contribution is 2.23. The second-order valence-corrected chi connectivity index (χ2v) is 5.75. The number of hydrogen-bond donors (Lipinski definition) is 1. The van der Waals surface area contributed by atoms with E-state index in [4.69, 9.17) is 9.47 Å². The SMILES string of the molecule is COc1ccccc1NC(=O)[C@@H](C)OC(=O)c1cnn(-c2ccccc2)c1. The molecule has 3 rings (SSSR count). The first-order valence-corrected chi connectivity index (χ1v) is 8.33. The molecule has 0 fully saturated rings. The number of para-hydroxylation sites is 3. The minimum absolute atomic E-state index is 0.260. The Morgan fingerprint density at radius 2 is 1.78 bits per heavy atom. The van der Waals surface area contributed by atoms with Gasteiger partial charge in [-0.25, -0.2) is 9.48 Å². The predicted molar refractivity (Wildman–Crippen MR) is 100 cm³/mol. The molecule has 1 aromatic heterocycles. The molecule has 0 radical (unpaired) electrons. The quantitative estimate of drug-likeness (QED) is 0.679. The zero-order valence-electron chi connectivity index (χ0n) is 15.0. The summed E-state index contributed by atoms with van der Waals surface area (Å²) in [5.41, 5.74) is 1.58. The Kier molecular flexibility index (Phi) is 5.51. The van der Waals surface area contributed by atoms with Crippen LogP contribution in [0.1, 0.15) is 17.3 Å². The fourth-order valence-electron chi connectivity index (χ4n) is 2.41. The van der Waals surface area contributed by atoms with Gasteiger partial charge in [0.05, 0.1) is 30.2 Å². The summed E-state index contributed by atoms with van der Waals surface area (Å²) in [5, 5.41) is 6.84. The van der Waals surface area contributed by atoms with Gasteiger partial charge in [-0.2, -0.15) is 5.10 Å². The zero-order valence-corrected chi connectivity index (χ0v) is 15.0. The first-order chi connectivity index (χ1) is 13.1. The van der Waals surface area contributed by atoms with Gasteiger partial charge in [0.15, 0.2) is 6.10 Å². The molecule has 7 heteroatoms. The molecule has 0 bridgehead atoms. The third-order valence-corrected chi connectivity index (χ3v) is 3.86. The van der Waals surface area contributed by atoms with Crippen LogP contribution < -0.4 is 10.1 Å². The van der Waals surface area contributed by atoms with Crippen molar-refractivity contribution in [3.05, 3.63) is 72.6 Å². The van der Waals surface area contributed by atoms with Gasteiger partial charge in [-0.15, -0.1) is 0 Å². The topological polar surface area (TPSA) is 82.4 Å². The standard InChI is InChI=1S/C20H19N3O4/c1-14(19(24)22-17-10-6-7-11-18(17)26-2)27-20(25)15-12-21-23(13-15)16-8-4-3-5-9-16/h3-14H,1-2H3,(H,22,24)/t14-/m1/s1. The number of hydrogen-bond acceptors (Lipinski definition) is 5. The molecular weight excluding hydrogens is 346 g/mol. The van der Waals surface area contributed by atoms with E-state index in [1.807, 2.05) is 30.3 Å². The van der Waals surface area contributed by atoms with Gasteiger partial charge in [0.1, 0.15) is 5.75 Å². The Hall–Kier alpha value is -3.61. The van der Waals surface area contributed by atoms with E-state index in [1.54, 1.807) is 35.1 Å². The number of anilines is 1. The van der Waals surface area contributed by atoms with Crippen molar-refractivity contribution in [1.82, 2.24) is 9.78 Å². The maximum Gasteiger partial charge on any atom is 0.342 e. The first-order valence-electron chi connectivity index (χ1n) is 8.33. The lowest BCUT2D eigenvalue weighted by Crippen LogP contribution is -2.30. The second kappa shape index (κ2) is 8.18. The summed E-state index contributed by atoms with van der Waals surface area (Å²) in [6, 6.07) is 16.4. The van der Waals surface area contributed by atoms with E-state index in [2.05, 4.69) is 10.4 Å². The Balaban J connectivity index is 1.63. The summed E-state index contributed by atoms with van der Waals surface area (Å²) in [7, 11) is 1.51. The van der Waals surface area contributed by atoms with Crippen molar-refractivity contribution in [3.63, 3.8) is 0 Å². The van der Waals surface area contributed by atoms with E-state index in [9.17, 15) is 9.59 Å². The number of amides is 1. The summed E-state index contributed by atoms with van der Waals surface area (Å²) in [6.07, 6.45) is 1.98. The van der Waals surface area contributed by atoms with Gasteiger partial charge in [0.2, 0.25) is 0 Å². The van der Waals surface area contributed by atoms with Crippen molar-refractivity contribution in [2.75, 3.05) is 12.4 Å². The van der Waals surface area contributed by atoms with Crippen LogP contribution in [0, 0.1) is 0 Å². The molecule has 3 aromatic rings. The highest BCUT2D eigenvalue weighted by Gasteiger charge is 2.21. The molecule has 0 unspecified atom stereocenters. The number of nitrogens with one attached hydrogen (secondary N) is 1. The molecule has 1 N–H and O–H groups in total. The van der Waals surface area contributed by atoms with Crippen molar-refractivity contribution in [3.8, 4) is 11.4 Å². The molecule has 0 aliphatic heterocycles. The van der Waals surface area contributed by atoms with Crippen molar-refractivity contribution in [1.29, 1.82) is 0 Å². The third-order valence-electron chi connectivity index (χ3n) is 3.86. The van der Waals surface area contributed by atoms with E-state index < -0.39 is 18.0 Å². The van der Waals surface area contributed by atoms with Crippen LogP contribution in [0.5, 0.6) is 5.75 Å². The van der Waals surface area contributed by atoms with Crippen molar-refractivity contribution in [2.24, 2.45) is 0 Å². The van der Waals surface area contributed by atoms with E-state index in [0.717, 1.165) is 5.69 Å². The largest absolute Gasteiger partial charge is 0.495 e. The van der Waals surface area contributed by atoms with Crippen molar-refractivity contribution in [2.45, 2.75) is 13.0 Å². The number of methoxy groups -OCH3 is 1. The van der Waals surface area contributed by atoms with Crippen LogP contribution in [0.2, 0.25) is 0 Å². The summed E-state index contributed by atoms with van der Waals surface area (Å²) in [4.78, 5) is 24.6. The lowest BCUT2D eigenvalue weighted by atomic mass is 10.2. The molecule has 0 aliphatic rings. The molecule has 0 aliphatic carbocycles. The van der Waals surface area contributed by atoms with E-state index >= 15 is 0 Å². The first kappa shape index (κ1) is 18.2. The average molecular weight is 365 g/mol. The smallest absolute Gasteiger partial charge is 0.342 e. The zero-order chi connectivity index (χ0) is 19.2. The molecule has 2 aromatic carbocycles. The Morgan fingerprint density at radius 1 is 1.07 bits per heavy atom. The van der Waals surface area contributed by atoms with Crippen molar-refractivity contribution >= 4 is 17.6 Å². The summed E-state index contributed by atoms with van der Waals surface area (Å²) < 4.78 is 12.0. The molecule has 0 saturated carbocycles. The fraction of sp³-hybridized carbons (Fsp3) is 0.150. The van der Waals surface area contributed by atoms with Crippen LogP contribution >= 0.6 is 0 Å². The van der Waals surface area contributed by atoms with Crippen LogP contribution in [-0.2, 0) is 9.53 Å². The molecule has 138 valence electrons. The Bertz CT molecular complexity index is 937. The molecule has 1 heterocycles. The van der Waals surface area contributed by atoms with E-state index in [-0.39, 0.29) is 5.56 Å². The number of ether oxygens (including phenoxy) is 2. The van der Waals surface area contributed by atoms with Gasteiger partial charge in [-0.3, -0.25) is 4.79 Å². The van der Waals surface area contributed by atoms with Gasteiger partial charge in [0, 0.05) is 6.20 Å². The summed E-state index contributed by atoms with van der Waals surface area (Å²) >= 11 is 0. The minimum atomic E-state index is -0.984. The molecular formula is C20H19N3O4. The van der Waals surface area contributed by atoms with Crippen LogP contribution in [0.25, 0.3) is 5.69 Å². The lowest BCUT2D eigenvalue weighted by Gasteiger charge is -2.14. The number of nitrogens with zero attached hydrogens (tertiary/aromatic N) is 2. The number of carbonyl (C=O) groups is 2. The number of esters is 1. The van der Waals surface area contributed by atoms with Crippen LogP contribution in [-0.4, -0.2) is 34.9 Å². The third kappa shape index (κ3) is 4.33. The van der Waals surface area contributed by atoms with Gasteiger partial charge < -0.3 is 14.8 Å². The summed E-state index contributed by atoms with van der Waals surface area (Å²) in [6.45, 7) is 1.50. The monoisotopic (exact) mass is 365 g/mol.